The van der Waals surface area contributed by atoms with E-state index in [9.17, 15) is 4.39 Å². The number of halogens is 1. The number of rotatable bonds is 2. The fourth-order valence-corrected chi connectivity index (χ4v) is 1.76. The minimum atomic E-state index is -0.522. The van der Waals surface area contributed by atoms with Crippen LogP contribution in [-0.2, 0) is 9.47 Å². The summed E-state index contributed by atoms with van der Waals surface area (Å²) in [5.41, 5.74) is 0.431. The van der Waals surface area contributed by atoms with E-state index in [0.717, 1.165) is 0 Å². The predicted molar refractivity (Wildman–Crippen MR) is 51.6 cm³/mol. The largest absolute Gasteiger partial charge is 0.394 e. The molecule has 0 saturated carbocycles. The Morgan fingerprint density at radius 3 is 2.73 bits per heavy atom. The Balaban J connectivity index is 2.26. The molecule has 0 unspecified atom stereocenters. The summed E-state index contributed by atoms with van der Waals surface area (Å²) in [5, 5.41) is 9.08. The monoisotopic (exact) mass is 212 g/mol. The average molecular weight is 212 g/mol. The first-order valence-electron chi connectivity index (χ1n) is 4.88. The van der Waals surface area contributed by atoms with Crippen LogP contribution in [0.25, 0.3) is 0 Å². The molecule has 0 spiro atoms. The Labute approximate surface area is 87.4 Å². The molecule has 1 N–H and O–H groups in total. The van der Waals surface area contributed by atoms with Crippen LogP contribution in [0.5, 0.6) is 0 Å². The van der Waals surface area contributed by atoms with E-state index in [1.54, 1.807) is 25.1 Å². The van der Waals surface area contributed by atoms with E-state index in [1.165, 1.54) is 6.07 Å². The number of hydrogen-bond donors (Lipinski definition) is 1. The van der Waals surface area contributed by atoms with Gasteiger partial charge in [0.05, 0.1) is 6.61 Å². The van der Waals surface area contributed by atoms with Crippen LogP contribution in [0.15, 0.2) is 24.3 Å². The number of ether oxygens (including phenoxy) is 2. The zero-order valence-electron chi connectivity index (χ0n) is 8.39. The molecule has 4 heteroatoms. The molecule has 1 saturated heterocycles. The van der Waals surface area contributed by atoms with Crippen LogP contribution in [0.3, 0.4) is 0 Å². The highest BCUT2D eigenvalue weighted by Crippen LogP contribution is 2.33. The maximum atomic E-state index is 13.5. The van der Waals surface area contributed by atoms with E-state index in [1.807, 2.05) is 0 Å². The summed E-state index contributed by atoms with van der Waals surface area (Å²) in [6.45, 7) is 1.55. The van der Waals surface area contributed by atoms with Crippen molar-refractivity contribution in [1.29, 1.82) is 0 Å². The normalized spacial score (nSPS) is 30.7. The van der Waals surface area contributed by atoms with Gasteiger partial charge in [-0.15, -0.1) is 0 Å². The van der Waals surface area contributed by atoms with E-state index < -0.39 is 18.5 Å². The van der Waals surface area contributed by atoms with E-state index in [-0.39, 0.29) is 12.4 Å². The van der Waals surface area contributed by atoms with Gasteiger partial charge in [0.25, 0.3) is 0 Å². The lowest BCUT2D eigenvalue weighted by Gasteiger charge is -2.15. The van der Waals surface area contributed by atoms with Gasteiger partial charge in [-0.3, -0.25) is 0 Å². The van der Waals surface area contributed by atoms with E-state index >= 15 is 0 Å². The zero-order valence-corrected chi connectivity index (χ0v) is 8.39. The van der Waals surface area contributed by atoms with Gasteiger partial charge in [0.15, 0.2) is 6.29 Å². The summed E-state index contributed by atoms with van der Waals surface area (Å²) >= 11 is 0. The minimum absolute atomic E-state index is 0.177. The van der Waals surface area contributed by atoms with Gasteiger partial charge in [-0.05, 0) is 13.0 Å². The van der Waals surface area contributed by atoms with Gasteiger partial charge in [-0.25, -0.2) is 4.39 Å². The fourth-order valence-electron chi connectivity index (χ4n) is 1.76. The van der Waals surface area contributed by atoms with E-state index in [2.05, 4.69) is 0 Å². The topological polar surface area (TPSA) is 38.7 Å². The second-order valence-electron chi connectivity index (χ2n) is 3.50. The molecule has 0 aliphatic carbocycles. The molecule has 2 rings (SSSR count). The van der Waals surface area contributed by atoms with Gasteiger partial charge >= 0.3 is 0 Å². The Hall–Kier alpha value is -0.970. The lowest BCUT2D eigenvalue weighted by Crippen LogP contribution is -2.20. The van der Waals surface area contributed by atoms with Crippen molar-refractivity contribution >= 4 is 0 Å². The third-order valence-electron chi connectivity index (χ3n) is 2.43. The molecule has 0 aromatic heterocycles. The Morgan fingerprint density at radius 2 is 2.07 bits per heavy atom. The maximum absolute atomic E-state index is 13.5. The van der Waals surface area contributed by atoms with Crippen molar-refractivity contribution in [3.8, 4) is 0 Å². The zero-order chi connectivity index (χ0) is 10.8. The molecule has 1 aromatic rings. The standard InChI is InChI=1S/C11H13FO3/c1-7-14-10(6-13)11(15-7)8-4-2-3-5-9(8)12/h2-5,7,10-11,13H,6H2,1H3/t7-,10+,11+/m1/s1. The molecule has 3 nitrogen and oxygen atoms in total. The second kappa shape index (κ2) is 4.26. The molecule has 82 valence electrons. The Morgan fingerprint density at radius 1 is 1.33 bits per heavy atom. The third kappa shape index (κ3) is 2.02. The summed E-state index contributed by atoms with van der Waals surface area (Å²) < 4.78 is 24.2. The summed E-state index contributed by atoms with van der Waals surface area (Å²) in [6, 6.07) is 6.37. The fraction of sp³-hybridized carbons (Fsp3) is 0.455. The van der Waals surface area contributed by atoms with Crippen LogP contribution in [-0.4, -0.2) is 24.1 Å². The van der Waals surface area contributed by atoms with E-state index in [4.69, 9.17) is 14.6 Å². The molecular formula is C11H13FO3. The van der Waals surface area contributed by atoms with Gasteiger partial charge in [0.2, 0.25) is 0 Å². The summed E-state index contributed by atoms with van der Waals surface area (Å²) in [7, 11) is 0. The van der Waals surface area contributed by atoms with Crippen LogP contribution in [0.2, 0.25) is 0 Å². The highest BCUT2D eigenvalue weighted by Gasteiger charge is 2.35. The van der Waals surface area contributed by atoms with Crippen LogP contribution in [0, 0.1) is 5.82 Å². The van der Waals surface area contributed by atoms with Crippen molar-refractivity contribution in [1.82, 2.24) is 0 Å². The van der Waals surface area contributed by atoms with Gasteiger partial charge in [0.1, 0.15) is 18.0 Å². The first kappa shape index (κ1) is 10.5. The number of aliphatic hydroxyl groups excluding tert-OH is 1. The molecule has 1 heterocycles. The average Bonchev–Trinajstić information content (AvgIpc) is 2.60. The summed E-state index contributed by atoms with van der Waals surface area (Å²) in [5.74, 6) is -0.335. The van der Waals surface area contributed by atoms with Crippen molar-refractivity contribution in [2.24, 2.45) is 0 Å². The highest BCUT2D eigenvalue weighted by molar-refractivity contribution is 5.21. The smallest absolute Gasteiger partial charge is 0.156 e. The lowest BCUT2D eigenvalue weighted by molar-refractivity contribution is -0.0565. The number of benzene rings is 1. The minimum Gasteiger partial charge on any atom is -0.394 e. The van der Waals surface area contributed by atoms with Crippen molar-refractivity contribution < 1.29 is 19.0 Å². The predicted octanol–water partition coefficient (Wildman–Crippen LogP) is 1.62. The van der Waals surface area contributed by atoms with Crippen molar-refractivity contribution in [2.75, 3.05) is 6.61 Å². The molecule has 1 fully saturated rings. The van der Waals surface area contributed by atoms with Crippen LogP contribution in [0.4, 0.5) is 4.39 Å². The van der Waals surface area contributed by atoms with Crippen LogP contribution in [0.1, 0.15) is 18.6 Å². The molecule has 15 heavy (non-hydrogen) atoms. The molecule has 3 atom stereocenters. The quantitative estimate of drug-likeness (QED) is 0.809. The molecule has 0 amide bonds. The van der Waals surface area contributed by atoms with Gasteiger partial charge in [-0.1, -0.05) is 18.2 Å². The summed E-state index contributed by atoms with van der Waals surface area (Å²) in [6.07, 6.45) is -1.42. The molecule has 1 aliphatic heterocycles. The van der Waals surface area contributed by atoms with Gasteiger partial charge in [-0.2, -0.15) is 0 Å². The SMILES string of the molecule is C[C@@H]1O[C@@H](CO)[C@H](c2ccccc2F)O1. The highest BCUT2D eigenvalue weighted by atomic mass is 19.1. The molecule has 0 radical (unpaired) electrons. The lowest BCUT2D eigenvalue weighted by atomic mass is 10.0. The summed E-state index contributed by atoms with van der Waals surface area (Å²) in [4.78, 5) is 0. The van der Waals surface area contributed by atoms with Crippen molar-refractivity contribution in [3.63, 3.8) is 0 Å². The van der Waals surface area contributed by atoms with Crippen molar-refractivity contribution in [2.45, 2.75) is 25.4 Å². The van der Waals surface area contributed by atoms with Gasteiger partial charge in [0, 0.05) is 5.56 Å². The first-order chi connectivity index (χ1) is 7.22. The van der Waals surface area contributed by atoms with E-state index in [0.29, 0.717) is 5.56 Å². The number of aliphatic hydroxyl groups is 1. The molecule has 1 aromatic carbocycles. The molecule has 0 bridgehead atoms. The first-order valence-corrected chi connectivity index (χ1v) is 4.88. The Kier molecular flexibility index (Phi) is 3.00. The third-order valence-corrected chi connectivity index (χ3v) is 2.43. The van der Waals surface area contributed by atoms with Crippen molar-refractivity contribution in [3.05, 3.63) is 35.6 Å². The second-order valence-corrected chi connectivity index (χ2v) is 3.50. The molecule has 1 aliphatic rings. The van der Waals surface area contributed by atoms with Crippen LogP contribution >= 0.6 is 0 Å². The van der Waals surface area contributed by atoms with Crippen LogP contribution < -0.4 is 0 Å². The maximum Gasteiger partial charge on any atom is 0.156 e. The van der Waals surface area contributed by atoms with Gasteiger partial charge < -0.3 is 14.6 Å². The Bertz CT molecular complexity index is 342. The molecular weight excluding hydrogens is 199 g/mol. The number of hydrogen-bond acceptors (Lipinski definition) is 3.